The molecule has 0 radical (unpaired) electrons. The molecular formula is C12H14N2O4S2. The van der Waals surface area contributed by atoms with E-state index < -0.39 is 18.1 Å². The lowest BCUT2D eigenvalue weighted by Crippen LogP contribution is -2.50. The summed E-state index contributed by atoms with van der Waals surface area (Å²) in [5.41, 5.74) is 0. The Morgan fingerprint density at radius 2 is 2.25 bits per heavy atom. The van der Waals surface area contributed by atoms with Gasteiger partial charge in [0, 0.05) is 5.75 Å². The number of hydrogen-bond donors (Lipinski definition) is 2. The van der Waals surface area contributed by atoms with Crippen molar-refractivity contribution in [3.05, 3.63) is 22.4 Å². The zero-order chi connectivity index (χ0) is 14.7. The van der Waals surface area contributed by atoms with Gasteiger partial charge in [0.15, 0.2) is 0 Å². The van der Waals surface area contributed by atoms with Crippen LogP contribution in [0.1, 0.15) is 16.6 Å². The molecule has 0 aromatic carbocycles. The molecule has 2 rings (SSSR count). The van der Waals surface area contributed by atoms with Crippen LogP contribution in [-0.4, -0.2) is 51.5 Å². The van der Waals surface area contributed by atoms with Gasteiger partial charge in [-0.25, -0.2) is 4.79 Å². The molecule has 0 saturated carbocycles. The third-order valence-electron chi connectivity index (χ3n) is 2.91. The second-order valence-electron chi connectivity index (χ2n) is 4.33. The molecule has 2 heterocycles. The summed E-state index contributed by atoms with van der Waals surface area (Å²) >= 11 is 2.68. The van der Waals surface area contributed by atoms with Crippen LogP contribution < -0.4 is 5.32 Å². The molecule has 2 amide bonds. The van der Waals surface area contributed by atoms with Crippen LogP contribution in [0.3, 0.4) is 0 Å². The van der Waals surface area contributed by atoms with Crippen LogP contribution in [0.4, 0.5) is 0 Å². The number of carboxylic acid groups (broad SMARTS) is 1. The average Bonchev–Trinajstić information content (AvgIpc) is 3.08. The van der Waals surface area contributed by atoms with Crippen LogP contribution >= 0.6 is 23.1 Å². The molecule has 108 valence electrons. The van der Waals surface area contributed by atoms with E-state index in [1.165, 1.54) is 28.0 Å². The number of nitrogens with zero attached hydrogens (tertiary/aromatic N) is 1. The molecule has 0 spiro atoms. The Kier molecular flexibility index (Phi) is 4.66. The van der Waals surface area contributed by atoms with E-state index in [4.69, 9.17) is 5.11 Å². The minimum atomic E-state index is -1.01. The molecule has 8 heteroatoms. The molecule has 1 aliphatic heterocycles. The van der Waals surface area contributed by atoms with E-state index in [1.54, 1.807) is 24.4 Å². The molecule has 1 fully saturated rings. The second-order valence-corrected chi connectivity index (χ2v) is 6.28. The number of amides is 2. The van der Waals surface area contributed by atoms with E-state index >= 15 is 0 Å². The van der Waals surface area contributed by atoms with Crippen molar-refractivity contribution in [3.63, 3.8) is 0 Å². The molecule has 0 aliphatic carbocycles. The zero-order valence-electron chi connectivity index (χ0n) is 10.7. The maximum absolute atomic E-state index is 12.2. The lowest BCUT2D eigenvalue weighted by atomic mass is 10.2. The predicted octanol–water partition coefficient (Wildman–Crippen LogP) is 0.853. The van der Waals surface area contributed by atoms with Crippen LogP contribution in [0.2, 0.25) is 0 Å². The third-order valence-corrected chi connectivity index (χ3v) is 4.79. The first kappa shape index (κ1) is 14.9. The minimum Gasteiger partial charge on any atom is -0.480 e. The van der Waals surface area contributed by atoms with Crippen molar-refractivity contribution in [2.24, 2.45) is 0 Å². The van der Waals surface area contributed by atoms with Gasteiger partial charge in [-0.2, -0.15) is 0 Å². The van der Waals surface area contributed by atoms with Gasteiger partial charge in [0.05, 0.1) is 10.8 Å². The number of hydrogen-bond acceptors (Lipinski definition) is 5. The Balaban J connectivity index is 1.98. The van der Waals surface area contributed by atoms with Crippen LogP contribution in [0, 0.1) is 0 Å². The first-order valence-corrected chi connectivity index (χ1v) is 7.99. The van der Waals surface area contributed by atoms with Gasteiger partial charge in [-0.3, -0.25) is 9.59 Å². The molecule has 6 nitrogen and oxygen atoms in total. The van der Waals surface area contributed by atoms with Crippen LogP contribution in [-0.2, 0) is 9.59 Å². The quantitative estimate of drug-likeness (QED) is 0.860. The Labute approximate surface area is 124 Å². The number of carboxylic acids is 1. The summed E-state index contributed by atoms with van der Waals surface area (Å²) in [6.45, 7) is 1.57. The van der Waals surface area contributed by atoms with Crippen molar-refractivity contribution in [2.75, 3.05) is 11.6 Å². The summed E-state index contributed by atoms with van der Waals surface area (Å²) in [6, 6.07) is 1.87. The van der Waals surface area contributed by atoms with Gasteiger partial charge in [-0.1, -0.05) is 6.07 Å². The van der Waals surface area contributed by atoms with Gasteiger partial charge in [0.25, 0.3) is 5.91 Å². The van der Waals surface area contributed by atoms with E-state index in [1.807, 2.05) is 0 Å². The van der Waals surface area contributed by atoms with Gasteiger partial charge in [-0.15, -0.1) is 23.1 Å². The highest BCUT2D eigenvalue weighted by molar-refractivity contribution is 7.99. The van der Waals surface area contributed by atoms with Crippen molar-refractivity contribution in [2.45, 2.75) is 19.0 Å². The van der Waals surface area contributed by atoms with E-state index in [0.717, 1.165) is 0 Å². The van der Waals surface area contributed by atoms with Crippen LogP contribution in [0.25, 0.3) is 0 Å². The SMILES string of the molecule is CC(NC(=O)c1cccs1)C(=O)N1CSCC1C(=O)O. The predicted molar refractivity (Wildman–Crippen MR) is 76.8 cm³/mol. The normalized spacial score (nSPS) is 19.6. The smallest absolute Gasteiger partial charge is 0.327 e. The fourth-order valence-electron chi connectivity index (χ4n) is 1.85. The standard InChI is InChI=1S/C12H14N2O4S2/c1-7(13-10(15)9-3-2-4-20-9)11(16)14-6-19-5-8(14)12(17)18/h2-4,7-8H,5-6H2,1H3,(H,13,15)(H,17,18). The lowest BCUT2D eigenvalue weighted by molar-refractivity contribution is -0.148. The van der Waals surface area contributed by atoms with Crippen LogP contribution in [0.15, 0.2) is 17.5 Å². The highest BCUT2D eigenvalue weighted by Gasteiger charge is 2.36. The number of thiophene rings is 1. The van der Waals surface area contributed by atoms with Crippen molar-refractivity contribution in [3.8, 4) is 0 Å². The van der Waals surface area contributed by atoms with Crippen molar-refractivity contribution >= 4 is 40.9 Å². The number of carbonyl (C=O) groups is 3. The summed E-state index contributed by atoms with van der Waals surface area (Å²) in [6.07, 6.45) is 0. The van der Waals surface area contributed by atoms with Gasteiger partial charge in [0.2, 0.25) is 5.91 Å². The first-order valence-electron chi connectivity index (χ1n) is 5.96. The van der Waals surface area contributed by atoms with Crippen LogP contribution in [0.5, 0.6) is 0 Å². The fraction of sp³-hybridized carbons (Fsp3) is 0.417. The van der Waals surface area contributed by atoms with E-state index in [9.17, 15) is 14.4 Å². The Hall–Kier alpha value is -1.54. The van der Waals surface area contributed by atoms with Gasteiger partial charge in [-0.05, 0) is 18.4 Å². The summed E-state index contributed by atoms with van der Waals surface area (Å²) in [7, 11) is 0. The van der Waals surface area contributed by atoms with E-state index in [0.29, 0.717) is 16.5 Å². The van der Waals surface area contributed by atoms with Crippen molar-refractivity contribution < 1.29 is 19.5 Å². The number of nitrogens with one attached hydrogen (secondary N) is 1. The molecule has 2 unspecified atom stereocenters. The molecule has 20 heavy (non-hydrogen) atoms. The van der Waals surface area contributed by atoms with E-state index in [2.05, 4.69) is 5.32 Å². The number of rotatable bonds is 4. The molecular weight excluding hydrogens is 300 g/mol. The Morgan fingerprint density at radius 1 is 1.50 bits per heavy atom. The summed E-state index contributed by atoms with van der Waals surface area (Å²) < 4.78 is 0. The van der Waals surface area contributed by atoms with E-state index in [-0.39, 0.29) is 11.8 Å². The average molecular weight is 314 g/mol. The van der Waals surface area contributed by atoms with Gasteiger partial charge >= 0.3 is 5.97 Å². The largest absolute Gasteiger partial charge is 0.480 e. The molecule has 1 aromatic rings. The second kappa shape index (κ2) is 6.27. The monoisotopic (exact) mass is 314 g/mol. The molecule has 1 saturated heterocycles. The number of thioether (sulfide) groups is 1. The number of aliphatic carboxylic acids is 1. The summed E-state index contributed by atoms with van der Waals surface area (Å²) in [4.78, 5) is 36.9. The lowest BCUT2D eigenvalue weighted by Gasteiger charge is -2.24. The number of carbonyl (C=O) groups excluding carboxylic acids is 2. The maximum atomic E-state index is 12.2. The molecule has 2 atom stereocenters. The molecule has 1 aromatic heterocycles. The van der Waals surface area contributed by atoms with Gasteiger partial charge in [0.1, 0.15) is 12.1 Å². The summed E-state index contributed by atoms with van der Waals surface area (Å²) in [5.74, 6) is -0.978. The topological polar surface area (TPSA) is 86.7 Å². The maximum Gasteiger partial charge on any atom is 0.327 e. The highest BCUT2D eigenvalue weighted by atomic mass is 32.2. The van der Waals surface area contributed by atoms with Gasteiger partial charge < -0.3 is 15.3 Å². The molecule has 2 N–H and O–H groups in total. The third kappa shape index (κ3) is 3.13. The zero-order valence-corrected chi connectivity index (χ0v) is 12.4. The highest BCUT2D eigenvalue weighted by Crippen LogP contribution is 2.22. The fourth-order valence-corrected chi connectivity index (χ4v) is 3.63. The Morgan fingerprint density at radius 3 is 2.85 bits per heavy atom. The Bertz CT molecular complexity index is 518. The minimum absolute atomic E-state index is 0.320. The molecule has 0 bridgehead atoms. The van der Waals surface area contributed by atoms with Crippen molar-refractivity contribution in [1.82, 2.24) is 10.2 Å². The summed E-state index contributed by atoms with van der Waals surface area (Å²) in [5, 5.41) is 13.4. The van der Waals surface area contributed by atoms with Crippen molar-refractivity contribution in [1.29, 1.82) is 0 Å². The first-order chi connectivity index (χ1) is 9.50. The molecule has 1 aliphatic rings.